The molecule has 3 heterocycles. The zero-order valence-corrected chi connectivity index (χ0v) is 17.8. The van der Waals surface area contributed by atoms with Crippen LogP contribution in [0, 0.1) is 0 Å². The Hall–Kier alpha value is -0.640. The molecule has 0 spiro atoms. The molecule has 3 fully saturated rings. The highest BCUT2D eigenvalue weighted by atomic mass is 16.8. The summed E-state index contributed by atoms with van der Waals surface area (Å²) in [6, 6.07) is 0. The molecule has 0 aromatic rings. The molecule has 16 heteroatoms. The summed E-state index contributed by atoms with van der Waals surface area (Å²) in [6.07, 6.45) is -22.4. The maximum atomic E-state index is 10.6. The summed E-state index contributed by atoms with van der Waals surface area (Å²) in [7, 11) is 0. The quantitative estimate of drug-likeness (QED) is 0.146. The summed E-state index contributed by atoms with van der Waals surface area (Å²) >= 11 is 0. The van der Waals surface area contributed by atoms with Crippen LogP contribution in [0.4, 0.5) is 0 Å². The minimum Gasteiger partial charge on any atom is -0.394 e. The summed E-state index contributed by atoms with van der Waals surface area (Å²) in [4.78, 5) is 0. The monoisotopic (exact) mass is 504 g/mol. The van der Waals surface area contributed by atoms with E-state index in [1.54, 1.807) is 0 Å². The lowest BCUT2D eigenvalue weighted by Crippen LogP contribution is -2.66. The van der Waals surface area contributed by atoms with Crippen LogP contribution in [0.5, 0.6) is 0 Å². The molecule has 14 atom stereocenters. The van der Waals surface area contributed by atoms with Gasteiger partial charge < -0.3 is 79.9 Å². The Balaban J connectivity index is 1.87. The Morgan fingerprint density at radius 2 is 1.12 bits per heavy atom. The number of ether oxygens (including phenoxy) is 5. The first-order valence-electron chi connectivity index (χ1n) is 10.6. The van der Waals surface area contributed by atoms with Crippen LogP contribution in [-0.2, 0) is 23.7 Å². The summed E-state index contributed by atoms with van der Waals surface area (Å²) in [6.45, 7) is -3.45. The van der Waals surface area contributed by atoms with E-state index in [1.807, 2.05) is 0 Å². The molecule has 3 aliphatic heterocycles. The van der Waals surface area contributed by atoms with Gasteiger partial charge >= 0.3 is 0 Å². The third-order valence-electron chi connectivity index (χ3n) is 6.19. The zero-order chi connectivity index (χ0) is 25.4. The SMILES string of the molecule is OC[C@H]1O[C@H](O[C@H]2[C@@H](O[C@]3(CO)O[C@H](CO)[C@@H](O)[C@@H]3O)O[C@H](CO)[C@@H](O)[C@@H]2O)[C@H](O)[C@@H](O)[C@H]1O. The lowest BCUT2D eigenvalue weighted by atomic mass is 9.97. The molecule has 0 saturated carbocycles. The molecule has 0 aromatic carbocycles. The topological polar surface area (TPSA) is 269 Å². The van der Waals surface area contributed by atoms with E-state index in [4.69, 9.17) is 23.7 Å². The Kier molecular flexibility index (Phi) is 9.18. The second-order valence-corrected chi connectivity index (χ2v) is 8.37. The van der Waals surface area contributed by atoms with E-state index in [9.17, 15) is 56.2 Å². The van der Waals surface area contributed by atoms with Gasteiger partial charge in [-0.3, -0.25) is 0 Å². The van der Waals surface area contributed by atoms with Crippen LogP contribution in [0.2, 0.25) is 0 Å². The van der Waals surface area contributed by atoms with Crippen LogP contribution in [0.25, 0.3) is 0 Å². The van der Waals surface area contributed by atoms with Crippen LogP contribution in [0.15, 0.2) is 0 Å². The Morgan fingerprint density at radius 1 is 0.588 bits per heavy atom. The molecular formula is C18H32O16. The van der Waals surface area contributed by atoms with Crippen molar-refractivity contribution in [1.29, 1.82) is 0 Å². The van der Waals surface area contributed by atoms with Crippen molar-refractivity contribution in [2.75, 3.05) is 26.4 Å². The first-order chi connectivity index (χ1) is 16.0. The second-order valence-electron chi connectivity index (χ2n) is 8.37. The van der Waals surface area contributed by atoms with Crippen LogP contribution in [0.1, 0.15) is 0 Å². The number of hydrogen-bond acceptors (Lipinski definition) is 16. The average molecular weight is 504 g/mol. The maximum Gasteiger partial charge on any atom is 0.224 e. The fourth-order valence-corrected chi connectivity index (χ4v) is 4.10. The highest BCUT2D eigenvalue weighted by Gasteiger charge is 2.59. The molecule has 200 valence electrons. The fraction of sp³-hybridized carbons (Fsp3) is 1.00. The van der Waals surface area contributed by atoms with Crippen LogP contribution in [-0.4, -0.2) is 168 Å². The van der Waals surface area contributed by atoms with Crippen LogP contribution < -0.4 is 0 Å². The minimum atomic E-state index is -2.41. The summed E-state index contributed by atoms with van der Waals surface area (Å²) in [5.41, 5.74) is 0. The third kappa shape index (κ3) is 4.96. The number of hydrogen-bond donors (Lipinski definition) is 11. The van der Waals surface area contributed by atoms with Gasteiger partial charge in [-0.05, 0) is 0 Å². The Bertz CT molecular complexity index is 653. The van der Waals surface area contributed by atoms with Crippen molar-refractivity contribution in [1.82, 2.24) is 0 Å². The smallest absolute Gasteiger partial charge is 0.224 e. The first-order valence-corrected chi connectivity index (χ1v) is 10.6. The predicted octanol–water partition coefficient (Wildman–Crippen LogP) is -7.57. The van der Waals surface area contributed by atoms with Gasteiger partial charge in [0, 0.05) is 0 Å². The molecule has 0 amide bonds. The van der Waals surface area contributed by atoms with Gasteiger partial charge in [0.25, 0.3) is 0 Å². The van der Waals surface area contributed by atoms with E-state index in [-0.39, 0.29) is 0 Å². The summed E-state index contributed by atoms with van der Waals surface area (Å²) < 4.78 is 26.9. The van der Waals surface area contributed by atoms with Gasteiger partial charge in [0.05, 0.1) is 19.8 Å². The number of aliphatic hydroxyl groups is 11. The van der Waals surface area contributed by atoms with E-state index in [1.165, 1.54) is 0 Å². The normalized spacial score (nSPS) is 52.1. The lowest BCUT2D eigenvalue weighted by molar-refractivity contribution is -0.408. The molecule has 16 nitrogen and oxygen atoms in total. The van der Waals surface area contributed by atoms with E-state index < -0.39 is 112 Å². The maximum absolute atomic E-state index is 10.6. The standard InChI is InChI=1S/C18H32O16/c19-1-5-8(23)11(26)13(28)16(30-5)32-14-12(27)9(24)6(2-20)31-17(14)34-18(4-22)15(29)10(25)7(3-21)33-18/h5-17,19-29H,1-4H2/t5-,6-,7-,8+,9-,10-,11+,12+,13-,14-,15+,16-,17-,18+/m1/s1. The van der Waals surface area contributed by atoms with Gasteiger partial charge in [-0.1, -0.05) is 0 Å². The van der Waals surface area contributed by atoms with Crippen LogP contribution in [0.3, 0.4) is 0 Å². The second kappa shape index (κ2) is 11.2. The van der Waals surface area contributed by atoms with E-state index in [2.05, 4.69) is 0 Å². The van der Waals surface area contributed by atoms with Gasteiger partial charge in [0.1, 0.15) is 73.8 Å². The molecule has 0 radical (unpaired) electrons. The van der Waals surface area contributed by atoms with Crippen molar-refractivity contribution in [3.63, 3.8) is 0 Å². The van der Waals surface area contributed by atoms with E-state index >= 15 is 0 Å². The molecule has 0 bridgehead atoms. The molecule has 3 aliphatic rings. The van der Waals surface area contributed by atoms with Gasteiger partial charge in [0.2, 0.25) is 5.79 Å². The van der Waals surface area contributed by atoms with E-state index in [0.29, 0.717) is 0 Å². The number of rotatable bonds is 8. The Labute approximate surface area is 192 Å². The highest BCUT2D eigenvalue weighted by Crippen LogP contribution is 2.37. The molecule has 0 aromatic heterocycles. The third-order valence-corrected chi connectivity index (χ3v) is 6.19. The minimum absolute atomic E-state index is 0.764. The van der Waals surface area contributed by atoms with Gasteiger partial charge in [-0.15, -0.1) is 0 Å². The molecule has 34 heavy (non-hydrogen) atoms. The molecular weight excluding hydrogens is 472 g/mol. The Morgan fingerprint density at radius 3 is 1.62 bits per heavy atom. The van der Waals surface area contributed by atoms with E-state index in [0.717, 1.165) is 0 Å². The van der Waals surface area contributed by atoms with Crippen molar-refractivity contribution >= 4 is 0 Å². The van der Waals surface area contributed by atoms with Gasteiger partial charge in [-0.25, -0.2) is 0 Å². The number of aliphatic hydroxyl groups excluding tert-OH is 11. The molecule has 0 unspecified atom stereocenters. The van der Waals surface area contributed by atoms with Crippen LogP contribution >= 0.6 is 0 Å². The molecule has 11 N–H and O–H groups in total. The largest absolute Gasteiger partial charge is 0.394 e. The van der Waals surface area contributed by atoms with Gasteiger partial charge in [0.15, 0.2) is 12.6 Å². The average Bonchev–Trinajstić information content (AvgIpc) is 3.08. The molecule has 3 saturated heterocycles. The van der Waals surface area contributed by atoms with Crippen molar-refractivity contribution in [3.05, 3.63) is 0 Å². The molecule has 3 rings (SSSR count). The van der Waals surface area contributed by atoms with Crippen molar-refractivity contribution in [2.45, 2.75) is 85.5 Å². The summed E-state index contributed by atoms with van der Waals surface area (Å²) in [5.74, 6) is -2.41. The van der Waals surface area contributed by atoms with Gasteiger partial charge in [-0.2, -0.15) is 0 Å². The van der Waals surface area contributed by atoms with Crippen molar-refractivity contribution < 1.29 is 79.9 Å². The zero-order valence-electron chi connectivity index (χ0n) is 17.8. The van der Waals surface area contributed by atoms with Crippen molar-refractivity contribution in [3.8, 4) is 0 Å². The fourth-order valence-electron chi connectivity index (χ4n) is 4.10. The predicted molar refractivity (Wildman–Crippen MR) is 101 cm³/mol. The first kappa shape index (κ1) is 27.9. The highest BCUT2D eigenvalue weighted by molar-refractivity contribution is 4.99. The summed E-state index contributed by atoms with van der Waals surface area (Å²) in [5, 5.41) is 109. The lowest BCUT2D eigenvalue weighted by Gasteiger charge is -2.47. The molecule has 0 aliphatic carbocycles. The van der Waals surface area contributed by atoms with Crippen molar-refractivity contribution in [2.24, 2.45) is 0 Å².